The number of rotatable bonds is 7. The second-order valence-corrected chi connectivity index (χ2v) is 6.37. The molecule has 0 aliphatic carbocycles. The van der Waals surface area contributed by atoms with Gasteiger partial charge in [-0.05, 0) is 29.5 Å². The summed E-state index contributed by atoms with van der Waals surface area (Å²) < 4.78 is 10.6. The van der Waals surface area contributed by atoms with Gasteiger partial charge < -0.3 is 19.9 Å². The van der Waals surface area contributed by atoms with Gasteiger partial charge in [-0.2, -0.15) is 0 Å². The summed E-state index contributed by atoms with van der Waals surface area (Å²) >= 11 is 0. The van der Waals surface area contributed by atoms with E-state index >= 15 is 0 Å². The minimum Gasteiger partial charge on any atom is -0.493 e. The van der Waals surface area contributed by atoms with Gasteiger partial charge >= 0.3 is 0 Å². The maximum Gasteiger partial charge on any atom is 0.161 e. The van der Waals surface area contributed by atoms with Crippen LogP contribution in [0.15, 0.2) is 18.2 Å². The van der Waals surface area contributed by atoms with E-state index in [1.54, 1.807) is 14.2 Å². The van der Waals surface area contributed by atoms with Gasteiger partial charge in [0, 0.05) is 12.6 Å². The van der Waals surface area contributed by atoms with Crippen LogP contribution in [0.2, 0.25) is 0 Å². The van der Waals surface area contributed by atoms with Crippen LogP contribution in [0.4, 0.5) is 0 Å². The fourth-order valence-electron chi connectivity index (χ4n) is 2.13. The van der Waals surface area contributed by atoms with Crippen LogP contribution in [0.3, 0.4) is 0 Å². The topological polar surface area (TPSA) is 50.7 Å². The van der Waals surface area contributed by atoms with Crippen molar-refractivity contribution in [2.75, 3.05) is 20.8 Å². The normalized spacial score (nSPS) is 14.6. The second-order valence-electron chi connectivity index (χ2n) is 6.37. The average Bonchev–Trinajstić information content (AvgIpc) is 2.46. The Morgan fingerprint density at radius 2 is 1.76 bits per heavy atom. The van der Waals surface area contributed by atoms with Crippen LogP contribution in [-0.4, -0.2) is 32.0 Å². The molecule has 0 fully saturated rings. The molecule has 0 aliphatic heterocycles. The molecule has 0 bridgehead atoms. The van der Waals surface area contributed by atoms with Crippen LogP contribution >= 0.6 is 0 Å². The molecular formula is C17H29NO3. The van der Waals surface area contributed by atoms with Crippen molar-refractivity contribution in [1.82, 2.24) is 5.32 Å². The van der Waals surface area contributed by atoms with E-state index in [-0.39, 0.29) is 17.6 Å². The van der Waals surface area contributed by atoms with Crippen molar-refractivity contribution in [2.24, 2.45) is 5.41 Å². The molecule has 2 atom stereocenters. The summed E-state index contributed by atoms with van der Waals surface area (Å²) in [6, 6.07) is 6.12. The molecule has 1 aromatic carbocycles. The van der Waals surface area contributed by atoms with Crippen molar-refractivity contribution in [3.63, 3.8) is 0 Å². The molecule has 0 spiro atoms. The molecule has 0 radical (unpaired) electrons. The highest BCUT2D eigenvalue weighted by molar-refractivity contribution is 5.43. The molecule has 0 saturated carbocycles. The Morgan fingerprint density at radius 3 is 2.24 bits per heavy atom. The smallest absolute Gasteiger partial charge is 0.161 e. The van der Waals surface area contributed by atoms with Crippen LogP contribution in [0.1, 0.15) is 45.7 Å². The van der Waals surface area contributed by atoms with Gasteiger partial charge in [-0.15, -0.1) is 0 Å². The summed E-state index contributed by atoms with van der Waals surface area (Å²) in [6.07, 6.45) is 0.554. The largest absolute Gasteiger partial charge is 0.493 e. The molecule has 2 N–H and O–H groups in total. The SMILES string of the molecule is CCC(NCC(O)C(C)(C)C)c1ccc(OC)c(OC)c1. The van der Waals surface area contributed by atoms with E-state index in [9.17, 15) is 5.11 Å². The van der Waals surface area contributed by atoms with E-state index in [4.69, 9.17) is 9.47 Å². The van der Waals surface area contributed by atoms with Crippen molar-refractivity contribution in [3.8, 4) is 11.5 Å². The molecule has 0 saturated heterocycles. The van der Waals surface area contributed by atoms with Gasteiger partial charge in [0.15, 0.2) is 11.5 Å². The van der Waals surface area contributed by atoms with Crippen molar-refractivity contribution in [3.05, 3.63) is 23.8 Å². The van der Waals surface area contributed by atoms with Crippen LogP contribution in [0.25, 0.3) is 0 Å². The summed E-state index contributed by atoms with van der Waals surface area (Å²) in [5.74, 6) is 1.46. The third-order valence-corrected chi connectivity index (χ3v) is 3.78. The lowest BCUT2D eigenvalue weighted by atomic mass is 9.89. The fourth-order valence-corrected chi connectivity index (χ4v) is 2.13. The van der Waals surface area contributed by atoms with E-state index in [0.717, 1.165) is 23.5 Å². The van der Waals surface area contributed by atoms with Crippen molar-refractivity contribution >= 4 is 0 Å². The number of methoxy groups -OCH3 is 2. The molecule has 0 aliphatic rings. The van der Waals surface area contributed by atoms with Gasteiger partial charge in [-0.3, -0.25) is 0 Å². The second kappa shape index (κ2) is 7.66. The van der Waals surface area contributed by atoms with E-state index in [0.29, 0.717) is 6.54 Å². The number of aliphatic hydroxyl groups excluding tert-OH is 1. The molecule has 0 heterocycles. The molecule has 0 aromatic heterocycles. The first-order valence-electron chi connectivity index (χ1n) is 7.46. The van der Waals surface area contributed by atoms with E-state index in [2.05, 4.69) is 12.2 Å². The molecule has 21 heavy (non-hydrogen) atoms. The minimum atomic E-state index is -0.383. The number of hydrogen-bond donors (Lipinski definition) is 2. The van der Waals surface area contributed by atoms with E-state index < -0.39 is 0 Å². The summed E-state index contributed by atoms with van der Waals surface area (Å²) in [6.45, 7) is 8.80. The number of nitrogens with one attached hydrogen (secondary N) is 1. The average molecular weight is 295 g/mol. The molecule has 4 nitrogen and oxygen atoms in total. The zero-order valence-electron chi connectivity index (χ0n) is 14.1. The van der Waals surface area contributed by atoms with Gasteiger partial charge in [-0.25, -0.2) is 0 Å². The van der Waals surface area contributed by atoms with Gasteiger partial charge in [0.25, 0.3) is 0 Å². The van der Waals surface area contributed by atoms with Crippen molar-refractivity contribution in [1.29, 1.82) is 0 Å². The van der Waals surface area contributed by atoms with Gasteiger partial charge in [0.1, 0.15) is 0 Å². The Balaban J connectivity index is 2.81. The molecule has 1 rings (SSSR count). The first-order chi connectivity index (χ1) is 9.83. The first-order valence-corrected chi connectivity index (χ1v) is 7.46. The Bertz CT molecular complexity index is 440. The standard InChI is InChI=1S/C17H29NO3/c1-7-13(18-11-16(19)17(2,3)4)12-8-9-14(20-5)15(10-12)21-6/h8-10,13,16,18-19H,7,11H2,1-6H3. The maximum absolute atomic E-state index is 10.2. The molecule has 4 heteroatoms. The zero-order chi connectivity index (χ0) is 16.0. The van der Waals surface area contributed by atoms with Crippen molar-refractivity contribution in [2.45, 2.75) is 46.3 Å². The predicted molar refractivity (Wildman–Crippen MR) is 86.0 cm³/mol. The van der Waals surface area contributed by atoms with E-state index in [1.165, 1.54) is 0 Å². The molecule has 1 aromatic rings. The Morgan fingerprint density at radius 1 is 1.14 bits per heavy atom. The van der Waals surface area contributed by atoms with Gasteiger partial charge in [0.05, 0.1) is 20.3 Å². The van der Waals surface area contributed by atoms with E-state index in [1.807, 2.05) is 39.0 Å². The Hall–Kier alpha value is -1.26. The highest BCUT2D eigenvalue weighted by Crippen LogP contribution is 2.31. The summed E-state index contributed by atoms with van der Waals surface area (Å²) in [5, 5.41) is 13.6. The number of ether oxygens (including phenoxy) is 2. The minimum absolute atomic E-state index is 0.122. The highest BCUT2D eigenvalue weighted by Gasteiger charge is 2.23. The lowest BCUT2D eigenvalue weighted by molar-refractivity contribution is 0.0602. The van der Waals surface area contributed by atoms with Gasteiger partial charge in [0.2, 0.25) is 0 Å². The van der Waals surface area contributed by atoms with Crippen LogP contribution in [0, 0.1) is 5.41 Å². The Labute approximate surface area is 128 Å². The maximum atomic E-state index is 10.2. The predicted octanol–water partition coefficient (Wildman–Crippen LogP) is 3.15. The third-order valence-electron chi connectivity index (χ3n) is 3.78. The third kappa shape index (κ3) is 4.90. The van der Waals surface area contributed by atoms with Crippen molar-refractivity contribution < 1.29 is 14.6 Å². The molecular weight excluding hydrogens is 266 g/mol. The van der Waals surface area contributed by atoms with Crippen LogP contribution in [0.5, 0.6) is 11.5 Å². The lowest BCUT2D eigenvalue weighted by Gasteiger charge is -2.28. The number of aliphatic hydroxyl groups is 1. The monoisotopic (exact) mass is 295 g/mol. The Kier molecular flexibility index (Phi) is 6.49. The molecule has 0 amide bonds. The van der Waals surface area contributed by atoms with Gasteiger partial charge in [-0.1, -0.05) is 33.8 Å². The fraction of sp³-hybridized carbons (Fsp3) is 0.647. The van der Waals surface area contributed by atoms with Crippen LogP contribution < -0.4 is 14.8 Å². The summed E-state index contributed by atoms with van der Waals surface area (Å²) in [5.41, 5.74) is 1.01. The molecule has 2 unspecified atom stereocenters. The summed E-state index contributed by atoms with van der Waals surface area (Å²) in [4.78, 5) is 0. The lowest BCUT2D eigenvalue weighted by Crippen LogP contribution is -2.38. The highest BCUT2D eigenvalue weighted by atomic mass is 16.5. The summed E-state index contributed by atoms with van der Waals surface area (Å²) in [7, 11) is 3.27. The van der Waals surface area contributed by atoms with Crippen LogP contribution in [-0.2, 0) is 0 Å². The zero-order valence-corrected chi connectivity index (χ0v) is 14.1. The number of hydrogen-bond acceptors (Lipinski definition) is 4. The quantitative estimate of drug-likeness (QED) is 0.811. The molecule has 120 valence electrons. The first kappa shape index (κ1) is 17.8. The number of benzene rings is 1.